The Balaban J connectivity index is 1.92. The summed E-state index contributed by atoms with van der Waals surface area (Å²) in [5, 5.41) is 5.89. The molecule has 4 rings (SSSR count). The van der Waals surface area contributed by atoms with Gasteiger partial charge in [-0.3, -0.25) is 4.98 Å². The molecule has 0 saturated carbocycles. The van der Waals surface area contributed by atoms with Crippen LogP contribution in [0.15, 0.2) is 48.8 Å². The Labute approximate surface area is 138 Å². The number of fused-ring (bicyclic) bond motifs is 1. The van der Waals surface area contributed by atoms with Gasteiger partial charge in [-0.1, -0.05) is 13.0 Å². The summed E-state index contributed by atoms with van der Waals surface area (Å²) in [5.74, 6) is 0.857. The van der Waals surface area contributed by atoms with Crippen LogP contribution in [0.5, 0.6) is 0 Å². The summed E-state index contributed by atoms with van der Waals surface area (Å²) >= 11 is 1.76. The smallest absolute Gasteiger partial charge is 0.154 e. The van der Waals surface area contributed by atoms with Crippen molar-refractivity contribution >= 4 is 21.4 Å². The lowest BCUT2D eigenvalue weighted by molar-refractivity contribution is 0.818. The van der Waals surface area contributed by atoms with Gasteiger partial charge in [-0.2, -0.15) is 5.10 Å². The summed E-state index contributed by atoms with van der Waals surface area (Å²) < 4.78 is 3.18. The normalized spacial score (nSPS) is 11.2. The van der Waals surface area contributed by atoms with Crippen LogP contribution in [0.4, 0.5) is 0 Å². The van der Waals surface area contributed by atoms with Gasteiger partial charge < -0.3 is 0 Å². The van der Waals surface area contributed by atoms with Crippen molar-refractivity contribution in [1.82, 2.24) is 19.7 Å². The van der Waals surface area contributed by atoms with Crippen molar-refractivity contribution in [2.24, 2.45) is 0 Å². The van der Waals surface area contributed by atoms with Gasteiger partial charge in [-0.25, -0.2) is 9.67 Å². The maximum Gasteiger partial charge on any atom is 0.154 e. The second kappa shape index (κ2) is 5.59. The van der Waals surface area contributed by atoms with E-state index in [-0.39, 0.29) is 0 Å². The molecule has 23 heavy (non-hydrogen) atoms. The largest absolute Gasteiger partial charge is 0.264 e. The van der Waals surface area contributed by atoms with Crippen molar-refractivity contribution in [2.75, 3.05) is 0 Å². The zero-order valence-electron chi connectivity index (χ0n) is 13.0. The molecule has 0 fully saturated rings. The lowest BCUT2D eigenvalue weighted by atomic mass is 10.2. The van der Waals surface area contributed by atoms with Gasteiger partial charge in [0.05, 0.1) is 16.3 Å². The molecule has 0 aliphatic heterocycles. The van der Waals surface area contributed by atoms with Crippen LogP contribution in [0.2, 0.25) is 0 Å². The van der Waals surface area contributed by atoms with Crippen molar-refractivity contribution in [3.05, 3.63) is 60.2 Å². The first-order valence-electron chi connectivity index (χ1n) is 7.61. The van der Waals surface area contributed by atoms with Crippen LogP contribution in [0.3, 0.4) is 0 Å². The minimum atomic E-state index is 0.857. The fraction of sp³-hybridized carbons (Fsp3) is 0.167. The molecule has 4 aromatic rings. The van der Waals surface area contributed by atoms with Crippen LogP contribution in [-0.2, 0) is 6.42 Å². The minimum absolute atomic E-state index is 0.857. The van der Waals surface area contributed by atoms with Crippen molar-refractivity contribution < 1.29 is 0 Å². The second-order valence-electron chi connectivity index (χ2n) is 5.45. The molecule has 0 aliphatic rings. The average molecular weight is 320 g/mol. The monoisotopic (exact) mass is 320 g/mol. The molecule has 0 aromatic carbocycles. The molecule has 0 aliphatic carbocycles. The topological polar surface area (TPSA) is 43.6 Å². The molecule has 4 nitrogen and oxygen atoms in total. The molecule has 0 N–H and O–H groups in total. The van der Waals surface area contributed by atoms with E-state index in [1.165, 1.54) is 9.58 Å². The number of pyridine rings is 2. The third kappa shape index (κ3) is 2.53. The van der Waals surface area contributed by atoms with Crippen LogP contribution in [0.25, 0.3) is 26.5 Å². The number of hydrogen-bond donors (Lipinski definition) is 0. The molecule has 4 aromatic heterocycles. The standard InChI is InChI=1S/C18H16N4S/c1-3-14-10-15(17-9-13-11-19-8-7-16(13)23-17)22(21-14)18-6-4-5-12(2)20-18/h4-11H,3H2,1-2H3. The molecular formula is C18H16N4S. The number of hydrogen-bond acceptors (Lipinski definition) is 4. The second-order valence-corrected chi connectivity index (χ2v) is 6.53. The van der Waals surface area contributed by atoms with Crippen molar-refractivity contribution in [3.63, 3.8) is 0 Å². The van der Waals surface area contributed by atoms with Crippen molar-refractivity contribution in [3.8, 4) is 16.4 Å². The quantitative estimate of drug-likeness (QED) is 0.561. The first-order valence-corrected chi connectivity index (χ1v) is 8.43. The van der Waals surface area contributed by atoms with Gasteiger partial charge in [0.2, 0.25) is 0 Å². The van der Waals surface area contributed by atoms with Crippen molar-refractivity contribution in [1.29, 1.82) is 0 Å². The fourth-order valence-corrected chi connectivity index (χ4v) is 3.64. The Bertz CT molecular complexity index is 951. The molecule has 4 heterocycles. The highest BCUT2D eigenvalue weighted by molar-refractivity contribution is 7.22. The van der Waals surface area contributed by atoms with Crippen LogP contribution < -0.4 is 0 Å². The van der Waals surface area contributed by atoms with Crippen LogP contribution in [-0.4, -0.2) is 19.7 Å². The average Bonchev–Trinajstić information content (AvgIpc) is 3.18. The summed E-state index contributed by atoms with van der Waals surface area (Å²) in [6.45, 7) is 4.12. The summed E-state index contributed by atoms with van der Waals surface area (Å²) in [6.07, 6.45) is 4.64. The summed E-state index contributed by atoms with van der Waals surface area (Å²) in [6, 6.07) is 12.4. The molecule has 0 spiro atoms. The minimum Gasteiger partial charge on any atom is -0.264 e. The van der Waals surface area contributed by atoms with Gasteiger partial charge in [0.1, 0.15) is 0 Å². The number of rotatable bonds is 3. The lowest BCUT2D eigenvalue weighted by Gasteiger charge is -2.05. The molecule has 0 amide bonds. The predicted molar refractivity (Wildman–Crippen MR) is 94.1 cm³/mol. The molecule has 0 radical (unpaired) electrons. The number of thiophene rings is 1. The van der Waals surface area contributed by atoms with E-state index in [9.17, 15) is 0 Å². The fourth-order valence-electron chi connectivity index (χ4n) is 2.61. The summed E-state index contributed by atoms with van der Waals surface area (Å²) in [7, 11) is 0. The number of aryl methyl sites for hydroxylation is 2. The third-order valence-electron chi connectivity index (χ3n) is 3.78. The van der Waals surface area contributed by atoms with E-state index in [0.29, 0.717) is 0 Å². The highest BCUT2D eigenvalue weighted by Gasteiger charge is 2.14. The van der Waals surface area contributed by atoms with Crippen LogP contribution in [0.1, 0.15) is 18.3 Å². The van der Waals surface area contributed by atoms with Gasteiger partial charge in [-0.05, 0) is 43.7 Å². The van der Waals surface area contributed by atoms with E-state index in [0.717, 1.165) is 34.7 Å². The van der Waals surface area contributed by atoms with Crippen LogP contribution in [0, 0.1) is 6.92 Å². The van der Waals surface area contributed by atoms with Gasteiger partial charge >= 0.3 is 0 Å². The van der Waals surface area contributed by atoms with Gasteiger partial charge in [0.25, 0.3) is 0 Å². The zero-order chi connectivity index (χ0) is 15.8. The van der Waals surface area contributed by atoms with E-state index in [2.05, 4.69) is 35.1 Å². The van der Waals surface area contributed by atoms with Gasteiger partial charge in [-0.15, -0.1) is 11.3 Å². The Hall–Kier alpha value is -2.53. The zero-order valence-corrected chi connectivity index (χ0v) is 13.8. The summed E-state index contributed by atoms with van der Waals surface area (Å²) in [4.78, 5) is 10.0. The van der Waals surface area contributed by atoms with Gasteiger partial charge in [0, 0.05) is 28.2 Å². The Kier molecular flexibility index (Phi) is 3.42. The SMILES string of the molecule is CCc1cc(-c2cc3cnccc3s2)n(-c2cccc(C)n2)n1. The number of aromatic nitrogens is 4. The van der Waals surface area contributed by atoms with E-state index in [1.807, 2.05) is 42.2 Å². The van der Waals surface area contributed by atoms with E-state index < -0.39 is 0 Å². The Morgan fingerprint density at radius 1 is 1.17 bits per heavy atom. The highest BCUT2D eigenvalue weighted by Crippen LogP contribution is 2.34. The summed E-state index contributed by atoms with van der Waals surface area (Å²) in [5.41, 5.74) is 3.14. The molecule has 0 unspecified atom stereocenters. The molecule has 0 atom stereocenters. The molecular weight excluding hydrogens is 304 g/mol. The lowest BCUT2D eigenvalue weighted by Crippen LogP contribution is -2.02. The maximum absolute atomic E-state index is 4.73. The van der Waals surface area contributed by atoms with Crippen molar-refractivity contribution in [2.45, 2.75) is 20.3 Å². The maximum atomic E-state index is 4.73. The first-order chi connectivity index (χ1) is 11.2. The van der Waals surface area contributed by atoms with Gasteiger partial charge in [0.15, 0.2) is 5.82 Å². The van der Waals surface area contributed by atoms with E-state index >= 15 is 0 Å². The predicted octanol–water partition coefficient (Wildman–Crippen LogP) is 4.41. The number of nitrogens with zero attached hydrogens (tertiary/aromatic N) is 4. The first kappa shape index (κ1) is 14.1. The van der Waals surface area contributed by atoms with E-state index in [4.69, 9.17) is 5.10 Å². The highest BCUT2D eigenvalue weighted by atomic mass is 32.1. The molecule has 0 bridgehead atoms. The Morgan fingerprint density at radius 2 is 2.09 bits per heavy atom. The Morgan fingerprint density at radius 3 is 2.87 bits per heavy atom. The molecule has 0 saturated heterocycles. The molecule has 114 valence electrons. The van der Waals surface area contributed by atoms with Crippen LogP contribution >= 0.6 is 11.3 Å². The van der Waals surface area contributed by atoms with E-state index in [1.54, 1.807) is 11.3 Å². The molecule has 5 heteroatoms. The third-order valence-corrected chi connectivity index (χ3v) is 4.92.